The lowest BCUT2D eigenvalue weighted by atomic mass is 9.81. The second kappa shape index (κ2) is 4.97. The van der Waals surface area contributed by atoms with Crippen LogP contribution in [0.1, 0.15) is 46.5 Å². The first-order valence-corrected chi connectivity index (χ1v) is 6.88. The lowest BCUT2D eigenvalue weighted by Crippen LogP contribution is -2.39. The molecule has 2 atom stereocenters. The summed E-state index contributed by atoms with van der Waals surface area (Å²) in [5.74, 6) is 2.10. The average Bonchev–Trinajstić information content (AvgIpc) is 2.98. The van der Waals surface area contributed by atoms with Gasteiger partial charge in [-0.1, -0.05) is 0 Å². The summed E-state index contributed by atoms with van der Waals surface area (Å²) in [6, 6.07) is 0. The van der Waals surface area contributed by atoms with Crippen LogP contribution >= 0.6 is 0 Å². The summed E-state index contributed by atoms with van der Waals surface area (Å²) in [6.07, 6.45) is 4.45. The lowest BCUT2D eigenvalue weighted by Gasteiger charge is -2.32. The SMILES string of the molecule is CC(C)(C)OC(=O)C[C@@H]1CCNC[C@@H]1C1CC1. The number of rotatable bonds is 3. The van der Waals surface area contributed by atoms with E-state index in [-0.39, 0.29) is 11.6 Å². The van der Waals surface area contributed by atoms with Gasteiger partial charge in [0.2, 0.25) is 0 Å². The van der Waals surface area contributed by atoms with Crippen molar-refractivity contribution in [1.29, 1.82) is 0 Å². The summed E-state index contributed by atoms with van der Waals surface area (Å²) in [5.41, 5.74) is -0.348. The van der Waals surface area contributed by atoms with Crippen LogP contribution in [0.15, 0.2) is 0 Å². The van der Waals surface area contributed by atoms with Gasteiger partial charge < -0.3 is 10.1 Å². The topological polar surface area (TPSA) is 38.3 Å². The molecule has 2 fully saturated rings. The van der Waals surface area contributed by atoms with Crippen LogP contribution in [0, 0.1) is 17.8 Å². The molecule has 0 unspecified atom stereocenters. The fourth-order valence-corrected chi connectivity index (χ4v) is 2.86. The Kier molecular flexibility index (Phi) is 3.76. The van der Waals surface area contributed by atoms with Gasteiger partial charge in [0.1, 0.15) is 5.60 Å². The highest BCUT2D eigenvalue weighted by Crippen LogP contribution is 2.43. The van der Waals surface area contributed by atoms with Crippen LogP contribution in [0.4, 0.5) is 0 Å². The van der Waals surface area contributed by atoms with E-state index in [1.165, 1.54) is 12.8 Å². The van der Waals surface area contributed by atoms with Crippen LogP contribution in [0.25, 0.3) is 0 Å². The number of hydrogen-bond donors (Lipinski definition) is 1. The summed E-state index contributed by atoms with van der Waals surface area (Å²) >= 11 is 0. The van der Waals surface area contributed by atoms with Gasteiger partial charge in [-0.3, -0.25) is 4.79 Å². The van der Waals surface area contributed by atoms with Crippen LogP contribution in [0.2, 0.25) is 0 Å². The predicted octanol–water partition coefficient (Wildman–Crippen LogP) is 2.35. The zero-order valence-electron chi connectivity index (χ0n) is 11.3. The van der Waals surface area contributed by atoms with E-state index < -0.39 is 0 Å². The maximum atomic E-state index is 11.9. The van der Waals surface area contributed by atoms with Crippen LogP contribution in [0.5, 0.6) is 0 Å². The Labute approximate surface area is 104 Å². The van der Waals surface area contributed by atoms with E-state index >= 15 is 0 Å². The Balaban J connectivity index is 1.85. The fraction of sp³-hybridized carbons (Fsp3) is 0.929. The molecule has 3 heteroatoms. The van der Waals surface area contributed by atoms with E-state index in [1.807, 2.05) is 20.8 Å². The molecule has 17 heavy (non-hydrogen) atoms. The molecule has 2 rings (SSSR count). The first-order chi connectivity index (χ1) is 7.96. The van der Waals surface area contributed by atoms with Gasteiger partial charge in [-0.15, -0.1) is 0 Å². The molecule has 0 aromatic carbocycles. The number of carbonyl (C=O) groups excluding carboxylic acids is 1. The van der Waals surface area contributed by atoms with Crippen molar-refractivity contribution in [2.45, 2.75) is 52.1 Å². The van der Waals surface area contributed by atoms with Crippen molar-refractivity contribution in [2.75, 3.05) is 13.1 Å². The molecular weight excluding hydrogens is 214 g/mol. The molecule has 1 heterocycles. The number of carbonyl (C=O) groups is 1. The molecule has 0 radical (unpaired) electrons. The van der Waals surface area contributed by atoms with Gasteiger partial charge in [0, 0.05) is 6.42 Å². The first kappa shape index (κ1) is 12.9. The summed E-state index contributed by atoms with van der Waals surface area (Å²) < 4.78 is 5.43. The molecule has 0 aromatic heterocycles. The van der Waals surface area contributed by atoms with Gasteiger partial charge >= 0.3 is 5.97 Å². The van der Waals surface area contributed by atoms with Crippen LogP contribution in [-0.4, -0.2) is 24.7 Å². The Morgan fingerprint density at radius 1 is 1.29 bits per heavy atom. The molecule has 2 aliphatic rings. The summed E-state index contributed by atoms with van der Waals surface area (Å²) in [7, 11) is 0. The van der Waals surface area contributed by atoms with Crippen molar-refractivity contribution in [3.63, 3.8) is 0 Å². The Hall–Kier alpha value is -0.570. The van der Waals surface area contributed by atoms with E-state index in [9.17, 15) is 4.79 Å². The van der Waals surface area contributed by atoms with E-state index in [4.69, 9.17) is 4.74 Å². The van der Waals surface area contributed by atoms with Gasteiger partial charge in [-0.05, 0) is 70.9 Å². The Morgan fingerprint density at radius 2 is 2.00 bits per heavy atom. The minimum Gasteiger partial charge on any atom is -0.460 e. The third-order valence-corrected chi connectivity index (χ3v) is 3.75. The monoisotopic (exact) mass is 239 g/mol. The van der Waals surface area contributed by atoms with Crippen molar-refractivity contribution < 1.29 is 9.53 Å². The van der Waals surface area contributed by atoms with Crippen LogP contribution in [-0.2, 0) is 9.53 Å². The summed E-state index contributed by atoms with van der Waals surface area (Å²) in [5, 5.41) is 3.46. The van der Waals surface area contributed by atoms with Gasteiger partial charge in [0.25, 0.3) is 0 Å². The highest BCUT2D eigenvalue weighted by atomic mass is 16.6. The molecule has 0 amide bonds. The largest absolute Gasteiger partial charge is 0.460 e. The summed E-state index contributed by atoms with van der Waals surface area (Å²) in [6.45, 7) is 7.96. The maximum Gasteiger partial charge on any atom is 0.306 e. The smallest absolute Gasteiger partial charge is 0.306 e. The number of ether oxygens (including phenoxy) is 1. The second-order valence-corrected chi connectivity index (χ2v) is 6.54. The molecule has 1 saturated heterocycles. The third-order valence-electron chi connectivity index (χ3n) is 3.75. The summed E-state index contributed by atoms with van der Waals surface area (Å²) in [4.78, 5) is 11.9. The predicted molar refractivity (Wildman–Crippen MR) is 67.7 cm³/mol. The quantitative estimate of drug-likeness (QED) is 0.768. The minimum absolute atomic E-state index is 0.0185. The molecule has 0 bridgehead atoms. The molecule has 98 valence electrons. The lowest BCUT2D eigenvalue weighted by molar-refractivity contribution is -0.156. The molecule has 0 spiro atoms. The van der Waals surface area contributed by atoms with Gasteiger partial charge in [-0.2, -0.15) is 0 Å². The average molecular weight is 239 g/mol. The van der Waals surface area contributed by atoms with E-state index in [0.717, 1.165) is 25.4 Å². The number of piperidine rings is 1. The van der Waals surface area contributed by atoms with Gasteiger partial charge in [0.15, 0.2) is 0 Å². The van der Waals surface area contributed by atoms with E-state index in [2.05, 4.69) is 5.32 Å². The van der Waals surface area contributed by atoms with Crippen molar-refractivity contribution in [1.82, 2.24) is 5.32 Å². The Morgan fingerprint density at radius 3 is 2.59 bits per heavy atom. The van der Waals surface area contributed by atoms with Crippen LogP contribution in [0.3, 0.4) is 0 Å². The third kappa shape index (κ3) is 3.98. The zero-order chi connectivity index (χ0) is 12.5. The van der Waals surface area contributed by atoms with E-state index in [1.54, 1.807) is 0 Å². The zero-order valence-corrected chi connectivity index (χ0v) is 11.3. The number of nitrogens with one attached hydrogen (secondary N) is 1. The molecule has 1 N–H and O–H groups in total. The molecular formula is C14H25NO2. The van der Waals surface area contributed by atoms with Crippen molar-refractivity contribution in [3.05, 3.63) is 0 Å². The number of esters is 1. The van der Waals surface area contributed by atoms with Crippen molar-refractivity contribution >= 4 is 5.97 Å². The fourth-order valence-electron chi connectivity index (χ4n) is 2.86. The standard InChI is InChI=1S/C14H25NO2/c1-14(2,3)17-13(16)8-11-6-7-15-9-12(11)10-4-5-10/h10-12,15H,4-9H2,1-3H3/t11-,12+/m0/s1. The van der Waals surface area contributed by atoms with Crippen molar-refractivity contribution in [3.8, 4) is 0 Å². The molecule has 3 nitrogen and oxygen atoms in total. The van der Waals surface area contributed by atoms with Crippen LogP contribution < -0.4 is 5.32 Å². The Bertz CT molecular complexity index is 278. The minimum atomic E-state index is -0.348. The molecule has 1 saturated carbocycles. The highest BCUT2D eigenvalue weighted by molar-refractivity contribution is 5.70. The maximum absolute atomic E-state index is 11.9. The normalized spacial score (nSPS) is 30.1. The molecule has 0 aromatic rings. The molecule has 1 aliphatic heterocycles. The van der Waals surface area contributed by atoms with Crippen molar-refractivity contribution in [2.24, 2.45) is 17.8 Å². The van der Waals surface area contributed by atoms with Gasteiger partial charge in [0.05, 0.1) is 0 Å². The highest BCUT2D eigenvalue weighted by Gasteiger charge is 2.38. The number of hydrogen-bond acceptors (Lipinski definition) is 3. The first-order valence-electron chi connectivity index (χ1n) is 6.88. The second-order valence-electron chi connectivity index (χ2n) is 6.54. The molecule has 1 aliphatic carbocycles. The van der Waals surface area contributed by atoms with E-state index in [0.29, 0.717) is 18.3 Å². The van der Waals surface area contributed by atoms with Gasteiger partial charge in [-0.25, -0.2) is 0 Å².